The summed E-state index contributed by atoms with van der Waals surface area (Å²) in [7, 11) is -2.81. The third kappa shape index (κ3) is 2.78. The normalized spacial score (nSPS) is 17.6. The molecule has 0 aliphatic heterocycles. The van der Waals surface area contributed by atoms with Crippen molar-refractivity contribution < 1.29 is 17.2 Å². The summed E-state index contributed by atoms with van der Waals surface area (Å²) in [5, 5.41) is 0. The molecule has 7 heteroatoms. The van der Waals surface area contributed by atoms with E-state index in [1.165, 1.54) is 7.05 Å². The zero-order valence-corrected chi connectivity index (χ0v) is 12.1. The molecule has 1 aromatic carbocycles. The molecule has 1 saturated carbocycles. The molecule has 2 N–H and O–H groups in total. The van der Waals surface area contributed by atoms with Gasteiger partial charge in [-0.15, -0.1) is 0 Å². The number of anilines is 1. The Labute approximate surface area is 117 Å². The molecule has 112 valence electrons. The molecule has 0 amide bonds. The Hall–Kier alpha value is -1.21. The number of benzene rings is 1. The Morgan fingerprint density at radius 2 is 1.65 bits per heavy atom. The van der Waals surface area contributed by atoms with E-state index >= 15 is 0 Å². The first-order chi connectivity index (χ1) is 9.34. The SMILES string of the molecule is CN(C1CCCCC1)S(=O)(=O)c1c(F)cc(N)cc1F. The average molecular weight is 304 g/mol. The van der Waals surface area contributed by atoms with Crippen LogP contribution in [0.5, 0.6) is 0 Å². The van der Waals surface area contributed by atoms with Crippen LogP contribution in [0.15, 0.2) is 17.0 Å². The summed E-state index contributed by atoms with van der Waals surface area (Å²) < 4.78 is 53.5. The molecule has 0 aromatic heterocycles. The standard InChI is InChI=1S/C13H18F2N2O2S/c1-17(10-5-3-2-4-6-10)20(18,19)13-11(14)7-9(16)8-12(13)15/h7-8,10H,2-6,16H2,1H3. The van der Waals surface area contributed by atoms with Gasteiger partial charge in [0.05, 0.1) is 0 Å². The van der Waals surface area contributed by atoms with Crippen LogP contribution in [-0.2, 0) is 10.0 Å². The number of hydrogen-bond acceptors (Lipinski definition) is 3. The lowest BCUT2D eigenvalue weighted by atomic mass is 9.96. The molecule has 0 unspecified atom stereocenters. The lowest BCUT2D eigenvalue weighted by Crippen LogP contribution is -2.39. The number of hydrogen-bond donors (Lipinski definition) is 1. The maximum Gasteiger partial charge on any atom is 0.248 e. The van der Waals surface area contributed by atoms with Gasteiger partial charge in [-0.1, -0.05) is 19.3 Å². The molecular formula is C13H18F2N2O2S. The Morgan fingerprint density at radius 3 is 2.15 bits per heavy atom. The number of nitrogens with two attached hydrogens (primary N) is 1. The zero-order chi connectivity index (χ0) is 14.9. The van der Waals surface area contributed by atoms with Gasteiger partial charge in [0.15, 0.2) is 4.90 Å². The second-order valence-electron chi connectivity index (χ2n) is 5.13. The number of nitrogen functional groups attached to an aromatic ring is 1. The molecule has 1 fully saturated rings. The quantitative estimate of drug-likeness (QED) is 0.873. The molecule has 0 atom stereocenters. The molecule has 4 nitrogen and oxygen atoms in total. The van der Waals surface area contributed by atoms with Crippen molar-refractivity contribution in [2.45, 2.75) is 43.0 Å². The summed E-state index contributed by atoms with van der Waals surface area (Å²) in [5.41, 5.74) is 5.16. The topological polar surface area (TPSA) is 63.4 Å². The van der Waals surface area contributed by atoms with Gasteiger partial charge in [0.1, 0.15) is 11.6 Å². The minimum absolute atomic E-state index is 0.140. The van der Waals surface area contributed by atoms with E-state index in [4.69, 9.17) is 5.73 Å². The summed E-state index contributed by atoms with van der Waals surface area (Å²) in [6.07, 6.45) is 4.35. The predicted octanol–water partition coefficient (Wildman–Crippen LogP) is 2.50. The minimum atomic E-state index is -4.19. The molecule has 0 spiro atoms. The molecule has 2 rings (SSSR count). The van der Waals surface area contributed by atoms with Crippen LogP contribution in [0.4, 0.5) is 14.5 Å². The summed E-state index contributed by atoms with van der Waals surface area (Å²) in [5.74, 6) is -2.30. The number of sulfonamides is 1. The van der Waals surface area contributed by atoms with E-state index in [9.17, 15) is 17.2 Å². The lowest BCUT2D eigenvalue weighted by Gasteiger charge is -2.30. The van der Waals surface area contributed by atoms with E-state index in [0.29, 0.717) is 12.8 Å². The Balaban J connectivity index is 2.39. The van der Waals surface area contributed by atoms with E-state index in [2.05, 4.69) is 0 Å². The van der Waals surface area contributed by atoms with Crippen LogP contribution in [0.25, 0.3) is 0 Å². The number of nitrogens with zero attached hydrogens (tertiary/aromatic N) is 1. The third-order valence-electron chi connectivity index (χ3n) is 3.75. The van der Waals surface area contributed by atoms with Crippen LogP contribution in [0.3, 0.4) is 0 Å². The van der Waals surface area contributed by atoms with Crippen LogP contribution >= 0.6 is 0 Å². The maximum absolute atomic E-state index is 13.8. The Morgan fingerprint density at radius 1 is 1.15 bits per heavy atom. The molecule has 0 bridgehead atoms. The molecule has 1 aliphatic carbocycles. The van der Waals surface area contributed by atoms with Crippen molar-refractivity contribution in [3.63, 3.8) is 0 Å². The second-order valence-corrected chi connectivity index (χ2v) is 7.06. The summed E-state index contributed by atoms with van der Waals surface area (Å²) in [6, 6.07) is 1.44. The van der Waals surface area contributed by atoms with Crippen LogP contribution in [-0.4, -0.2) is 25.8 Å². The van der Waals surface area contributed by atoms with Crippen molar-refractivity contribution >= 4 is 15.7 Å². The van der Waals surface area contributed by atoms with E-state index in [1.807, 2.05) is 0 Å². The highest BCUT2D eigenvalue weighted by Crippen LogP contribution is 2.29. The monoisotopic (exact) mass is 304 g/mol. The van der Waals surface area contributed by atoms with Crippen LogP contribution in [0, 0.1) is 11.6 Å². The smallest absolute Gasteiger partial charge is 0.248 e. The summed E-state index contributed by atoms with van der Waals surface area (Å²) >= 11 is 0. The van der Waals surface area contributed by atoms with Crippen molar-refractivity contribution in [3.8, 4) is 0 Å². The first-order valence-corrected chi connectivity index (χ1v) is 8.00. The number of rotatable bonds is 3. The first-order valence-electron chi connectivity index (χ1n) is 6.56. The fourth-order valence-corrected chi connectivity index (χ4v) is 4.11. The van der Waals surface area contributed by atoms with E-state index < -0.39 is 26.6 Å². The van der Waals surface area contributed by atoms with Gasteiger partial charge in [0, 0.05) is 18.8 Å². The van der Waals surface area contributed by atoms with Gasteiger partial charge in [0.2, 0.25) is 10.0 Å². The molecule has 20 heavy (non-hydrogen) atoms. The molecule has 0 saturated heterocycles. The first kappa shape index (κ1) is 15.2. The van der Waals surface area contributed by atoms with Gasteiger partial charge in [-0.2, -0.15) is 4.31 Å². The van der Waals surface area contributed by atoms with Gasteiger partial charge < -0.3 is 5.73 Å². The molecular weight excluding hydrogens is 286 g/mol. The van der Waals surface area contributed by atoms with Crippen LogP contribution in [0.2, 0.25) is 0 Å². The van der Waals surface area contributed by atoms with Gasteiger partial charge in [0.25, 0.3) is 0 Å². The fraction of sp³-hybridized carbons (Fsp3) is 0.538. The largest absolute Gasteiger partial charge is 0.399 e. The van der Waals surface area contributed by atoms with Crippen molar-refractivity contribution in [1.82, 2.24) is 4.31 Å². The summed E-state index contributed by atoms with van der Waals surface area (Å²) in [4.78, 5) is -0.917. The fourth-order valence-electron chi connectivity index (χ4n) is 2.61. The molecule has 1 aromatic rings. The van der Waals surface area contributed by atoms with Crippen molar-refractivity contribution in [2.24, 2.45) is 0 Å². The van der Waals surface area contributed by atoms with Crippen molar-refractivity contribution in [2.75, 3.05) is 12.8 Å². The van der Waals surface area contributed by atoms with Gasteiger partial charge in [-0.3, -0.25) is 0 Å². The van der Waals surface area contributed by atoms with E-state index in [1.54, 1.807) is 0 Å². The third-order valence-corrected chi connectivity index (χ3v) is 5.71. The van der Waals surface area contributed by atoms with Gasteiger partial charge >= 0.3 is 0 Å². The van der Waals surface area contributed by atoms with Crippen molar-refractivity contribution in [1.29, 1.82) is 0 Å². The second kappa shape index (κ2) is 5.65. The highest BCUT2D eigenvalue weighted by molar-refractivity contribution is 7.89. The van der Waals surface area contributed by atoms with Gasteiger partial charge in [-0.05, 0) is 25.0 Å². The van der Waals surface area contributed by atoms with E-state index in [-0.39, 0.29) is 11.7 Å². The van der Waals surface area contributed by atoms with E-state index in [0.717, 1.165) is 35.7 Å². The predicted molar refractivity (Wildman–Crippen MR) is 72.6 cm³/mol. The van der Waals surface area contributed by atoms with Crippen LogP contribution in [0.1, 0.15) is 32.1 Å². The Kier molecular flexibility index (Phi) is 4.29. The Bertz CT molecular complexity index is 575. The van der Waals surface area contributed by atoms with Crippen LogP contribution < -0.4 is 5.73 Å². The lowest BCUT2D eigenvalue weighted by molar-refractivity contribution is 0.284. The molecule has 0 heterocycles. The van der Waals surface area contributed by atoms with Crippen molar-refractivity contribution in [3.05, 3.63) is 23.8 Å². The molecule has 0 radical (unpaired) electrons. The minimum Gasteiger partial charge on any atom is -0.399 e. The number of halogens is 2. The highest BCUT2D eigenvalue weighted by atomic mass is 32.2. The maximum atomic E-state index is 13.8. The summed E-state index contributed by atoms with van der Waals surface area (Å²) in [6.45, 7) is 0. The molecule has 1 aliphatic rings. The average Bonchev–Trinajstić information content (AvgIpc) is 2.37. The highest BCUT2D eigenvalue weighted by Gasteiger charge is 2.33. The zero-order valence-electron chi connectivity index (χ0n) is 11.3. The van der Waals surface area contributed by atoms with Gasteiger partial charge in [-0.25, -0.2) is 17.2 Å².